The lowest BCUT2D eigenvalue weighted by atomic mass is 10.2. The highest BCUT2D eigenvalue weighted by molar-refractivity contribution is 8.00. The van der Waals surface area contributed by atoms with Gasteiger partial charge in [0.25, 0.3) is 0 Å². The van der Waals surface area contributed by atoms with Crippen molar-refractivity contribution in [2.75, 3.05) is 11.4 Å². The van der Waals surface area contributed by atoms with Crippen LogP contribution < -0.4 is 4.90 Å². The van der Waals surface area contributed by atoms with Crippen molar-refractivity contribution in [3.8, 4) is 11.4 Å². The smallest absolute Gasteiger partial charge is 0.240 e. The molecule has 0 aliphatic carbocycles. The van der Waals surface area contributed by atoms with Crippen molar-refractivity contribution in [3.05, 3.63) is 72.8 Å². The number of rotatable bonds is 6. The van der Waals surface area contributed by atoms with Crippen molar-refractivity contribution in [3.63, 3.8) is 0 Å². The molecule has 28 heavy (non-hydrogen) atoms. The van der Waals surface area contributed by atoms with E-state index in [4.69, 9.17) is 0 Å². The zero-order valence-electron chi connectivity index (χ0n) is 15.8. The van der Waals surface area contributed by atoms with Crippen LogP contribution in [-0.2, 0) is 17.8 Å². The van der Waals surface area contributed by atoms with Crippen LogP contribution in [0.15, 0.2) is 72.4 Å². The Bertz CT molecular complexity index is 999. The predicted molar refractivity (Wildman–Crippen MR) is 113 cm³/mol. The zero-order chi connectivity index (χ0) is 19.5. The van der Waals surface area contributed by atoms with Gasteiger partial charge in [0.05, 0.1) is 5.25 Å². The van der Waals surface area contributed by atoms with Gasteiger partial charge in [0.15, 0.2) is 11.0 Å². The number of hydrogen-bond acceptors (Lipinski definition) is 4. The summed E-state index contributed by atoms with van der Waals surface area (Å²) >= 11 is 1.45. The summed E-state index contributed by atoms with van der Waals surface area (Å²) in [7, 11) is 0. The van der Waals surface area contributed by atoms with Gasteiger partial charge in [0.1, 0.15) is 0 Å². The van der Waals surface area contributed by atoms with E-state index in [0.29, 0.717) is 6.54 Å². The van der Waals surface area contributed by atoms with E-state index in [1.54, 1.807) is 0 Å². The third kappa shape index (κ3) is 3.47. The fourth-order valence-corrected chi connectivity index (χ4v) is 4.39. The average molecular weight is 391 g/mol. The normalized spacial score (nSPS) is 14.0. The number of carbonyl (C=O) groups is 1. The number of hydrogen-bond donors (Lipinski definition) is 0. The molecule has 2 aromatic carbocycles. The van der Waals surface area contributed by atoms with Gasteiger partial charge >= 0.3 is 0 Å². The molecule has 0 N–H and O–H groups in total. The van der Waals surface area contributed by atoms with Crippen molar-refractivity contribution in [2.24, 2.45) is 0 Å². The van der Waals surface area contributed by atoms with Crippen molar-refractivity contribution in [1.29, 1.82) is 0 Å². The van der Waals surface area contributed by atoms with E-state index in [2.05, 4.69) is 22.8 Å². The lowest BCUT2D eigenvalue weighted by Gasteiger charge is -2.21. The summed E-state index contributed by atoms with van der Waals surface area (Å²) in [5.74, 6) is 0.888. The van der Waals surface area contributed by atoms with Crippen molar-refractivity contribution in [1.82, 2.24) is 14.8 Å². The number of anilines is 1. The number of carbonyl (C=O) groups excluding carboxylic acids is 1. The number of aromatic nitrogens is 3. The number of thioether (sulfide) groups is 1. The summed E-state index contributed by atoms with van der Waals surface area (Å²) < 4.78 is 2.01. The second kappa shape index (κ2) is 8.02. The summed E-state index contributed by atoms with van der Waals surface area (Å²) in [6, 6.07) is 18.1. The Hall–Kier alpha value is -2.86. The Morgan fingerprint density at radius 1 is 1.18 bits per heavy atom. The first kappa shape index (κ1) is 18.5. The molecule has 1 aliphatic rings. The topological polar surface area (TPSA) is 51.0 Å². The lowest BCUT2D eigenvalue weighted by Crippen LogP contribution is -2.35. The molecule has 1 aliphatic heterocycles. The summed E-state index contributed by atoms with van der Waals surface area (Å²) in [5, 5.41) is 9.20. The summed E-state index contributed by atoms with van der Waals surface area (Å²) in [6.45, 7) is 7.11. The van der Waals surface area contributed by atoms with Gasteiger partial charge in [-0.05, 0) is 25.0 Å². The molecule has 0 saturated carbocycles. The highest BCUT2D eigenvalue weighted by Gasteiger charge is 2.29. The molecule has 4 rings (SSSR count). The maximum absolute atomic E-state index is 13.1. The maximum atomic E-state index is 13.1. The van der Waals surface area contributed by atoms with E-state index in [9.17, 15) is 4.79 Å². The molecule has 0 saturated heterocycles. The van der Waals surface area contributed by atoms with Crippen molar-refractivity contribution >= 4 is 23.4 Å². The van der Waals surface area contributed by atoms with Gasteiger partial charge in [-0.2, -0.15) is 0 Å². The third-order valence-electron chi connectivity index (χ3n) is 4.84. The molecule has 0 radical (unpaired) electrons. The molecule has 1 aromatic heterocycles. The minimum Gasteiger partial charge on any atom is -0.311 e. The Labute approximate surface area is 169 Å². The molecule has 1 atom stereocenters. The highest BCUT2D eigenvalue weighted by Crippen LogP contribution is 2.32. The van der Waals surface area contributed by atoms with Crippen LogP contribution in [0.25, 0.3) is 11.4 Å². The minimum atomic E-state index is -0.262. The van der Waals surface area contributed by atoms with Gasteiger partial charge in [-0.25, -0.2) is 0 Å². The maximum Gasteiger partial charge on any atom is 0.240 e. The molecular formula is C22H22N4OS. The fourth-order valence-electron chi connectivity index (χ4n) is 3.47. The fraction of sp³-hybridized carbons (Fsp3) is 0.227. The first-order chi connectivity index (χ1) is 13.7. The Morgan fingerprint density at radius 3 is 2.71 bits per heavy atom. The van der Waals surface area contributed by atoms with Crippen LogP contribution in [0.3, 0.4) is 0 Å². The Kier molecular flexibility index (Phi) is 5.30. The molecule has 0 spiro atoms. The SMILES string of the molecule is C=CCn1c(S[C@H](C)C(=O)N2CCc3ccccc32)nnc1-c1ccccc1. The molecule has 0 unspecified atom stereocenters. The second-order valence-electron chi connectivity index (χ2n) is 6.70. The average Bonchev–Trinajstić information content (AvgIpc) is 3.33. The summed E-state index contributed by atoms with van der Waals surface area (Å²) in [6.07, 6.45) is 2.73. The molecule has 1 amide bonds. The van der Waals surface area contributed by atoms with Crippen molar-refractivity contribution < 1.29 is 4.79 Å². The molecule has 3 aromatic rings. The van der Waals surface area contributed by atoms with Gasteiger partial charge in [-0.1, -0.05) is 66.4 Å². The van der Waals surface area contributed by atoms with Crippen molar-refractivity contribution in [2.45, 2.75) is 30.3 Å². The Balaban J connectivity index is 1.56. The molecule has 6 heteroatoms. The van der Waals surface area contributed by atoms with Crippen LogP contribution >= 0.6 is 11.8 Å². The lowest BCUT2D eigenvalue weighted by molar-refractivity contribution is -0.117. The standard InChI is InChI=1S/C22H22N4OS/c1-3-14-26-20(18-10-5-4-6-11-18)23-24-22(26)28-16(2)21(27)25-15-13-17-9-7-8-12-19(17)25/h3-12,16H,1,13-15H2,2H3/t16-/m1/s1. The van der Waals surface area contributed by atoms with Crippen LogP contribution in [0.5, 0.6) is 0 Å². The molecule has 5 nitrogen and oxygen atoms in total. The number of para-hydroxylation sites is 1. The van der Waals surface area contributed by atoms with Crippen LogP contribution in [0.1, 0.15) is 12.5 Å². The van der Waals surface area contributed by atoms with Gasteiger partial charge in [-0.3, -0.25) is 9.36 Å². The van der Waals surface area contributed by atoms with Gasteiger partial charge in [0, 0.05) is 24.3 Å². The van der Waals surface area contributed by atoms with Crippen LogP contribution in [0.2, 0.25) is 0 Å². The first-order valence-corrected chi connectivity index (χ1v) is 10.2. The number of fused-ring (bicyclic) bond motifs is 1. The minimum absolute atomic E-state index is 0.101. The molecule has 0 bridgehead atoms. The molecule has 0 fully saturated rings. The summed E-state index contributed by atoms with van der Waals surface area (Å²) in [4.78, 5) is 15.0. The third-order valence-corrected chi connectivity index (χ3v) is 5.91. The second-order valence-corrected chi connectivity index (χ2v) is 8.01. The monoisotopic (exact) mass is 390 g/mol. The van der Waals surface area contributed by atoms with Crippen LogP contribution in [-0.4, -0.2) is 32.5 Å². The van der Waals surface area contributed by atoms with Crippen LogP contribution in [0, 0.1) is 0 Å². The zero-order valence-corrected chi connectivity index (χ0v) is 16.6. The summed E-state index contributed by atoms with van der Waals surface area (Å²) in [5.41, 5.74) is 3.25. The van der Waals surface area contributed by atoms with E-state index in [1.807, 2.05) is 71.0 Å². The van der Waals surface area contributed by atoms with Crippen LogP contribution in [0.4, 0.5) is 5.69 Å². The quantitative estimate of drug-likeness (QED) is 0.468. The predicted octanol–water partition coefficient (Wildman–Crippen LogP) is 4.20. The van der Waals surface area contributed by atoms with Gasteiger partial charge in [-0.15, -0.1) is 16.8 Å². The largest absolute Gasteiger partial charge is 0.311 e. The molecular weight excluding hydrogens is 368 g/mol. The van der Waals surface area contributed by atoms with E-state index in [-0.39, 0.29) is 11.2 Å². The number of amides is 1. The molecule has 142 valence electrons. The van der Waals surface area contributed by atoms with E-state index >= 15 is 0 Å². The highest BCUT2D eigenvalue weighted by atomic mass is 32.2. The van der Waals surface area contributed by atoms with E-state index in [1.165, 1.54) is 17.3 Å². The molecule has 2 heterocycles. The van der Waals surface area contributed by atoms with Gasteiger partial charge in [0.2, 0.25) is 5.91 Å². The number of allylic oxidation sites excluding steroid dienone is 1. The Morgan fingerprint density at radius 2 is 1.93 bits per heavy atom. The first-order valence-electron chi connectivity index (χ1n) is 9.34. The van der Waals surface area contributed by atoms with E-state index < -0.39 is 0 Å². The number of nitrogens with zero attached hydrogens (tertiary/aromatic N) is 4. The van der Waals surface area contributed by atoms with E-state index in [0.717, 1.165) is 35.2 Å². The van der Waals surface area contributed by atoms with Gasteiger partial charge < -0.3 is 4.90 Å². The number of benzene rings is 2.